The van der Waals surface area contributed by atoms with Gasteiger partial charge in [-0.2, -0.15) is 5.26 Å². The zero-order chi connectivity index (χ0) is 9.19. The number of nitrogens with zero attached hydrogens (tertiary/aromatic N) is 1. The Morgan fingerprint density at radius 2 is 2.42 bits per heavy atom. The predicted molar refractivity (Wildman–Crippen MR) is 39.9 cm³/mol. The molecule has 1 saturated heterocycles. The normalized spacial score (nSPS) is 35.1. The third-order valence-electron chi connectivity index (χ3n) is 1.86. The van der Waals surface area contributed by atoms with Crippen LogP contribution in [0.3, 0.4) is 0 Å². The fourth-order valence-corrected chi connectivity index (χ4v) is 1.06. The van der Waals surface area contributed by atoms with Gasteiger partial charge in [0.2, 0.25) is 11.4 Å². The summed E-state index contributed by atoms with van der Waals surface area (Å²) in [4.78, 5) is 20.8. The molecular formula is C8H11NO3. The quantitative estimate of drug-likeness (QED) is 0.578. The van der Waals surface area contributed by atoms with Crippen LogP contribution in [0.1, 0.15) is 26.7 Å². The van der Waals surface area contributed by atoms with E-state index in [2.05, 4.69) is 4.89 Å². The van der Waals surface area contributed by atoms with Gasteiger partial charge in [-0.3, -0.25) is 4.79 Å². The van der Waals surface area contributed by atoms with E-state index in [-0.39, 0.29) is 5.78 Å². The first kappa shape index (κ1) is 9.17. The van der Waals surface area contributed by atoms with Crippen LogP contribution in [0.25, 0.3) is 0 Å². The standard InChI is InChI=1S/C8H11NO3/c1-3-4-6-7(10)8(2,5-9)12-11-6/h6H,3-4H2,1-2H3. The lowest BCUT2D eigenvalue weighted by atomic mass is 9.97. The molecule has 2 unspecified atom stereocenters. The molecule has 1 rings (SSSR count). The minimum absolute atomic E-state index is 0.271. The SMILES string of the molecule is CCCC1OOC(C)(C#N)C1=O. The third kappa shape index (κ3) is 1.33. The van der Waals surface area contributed by atoms with Crippen LogP contribution in [0.5, 0.6) is 0 Å². The van der Waals surface area contributed by atoms with Crippen LogP contribution in [0, 0.1) is 11.3 Å². The second kappa shape index (κ2) is 3.21. The smallest absolute Gasteiger partial charge is 0.246 e. The maximum Gasteiger partial charge on any atom is 0.246 e. The molecule has 1 fully saturated rings. The molecule has 0 aliphatic carbocycles. The van der Waals surface area contributed by atoms with E-state index in [1.54, 1.807) is 6.07 Å². The van der Waals surface area contributed by atoms with Crippen LogP contribution in [-0.4, -0.2) is 17.5 Å². The van der Waals surface area contributed by atoms with Gasteiger partial charge in [0.1, 0.15) is 6.07 Å². The molecule has 4 heteroatoms. The Morgan fingerprint density at radius 3 is 2.83 bits per heavy atom. The van der Waals surface area contributed by atoms with Crippen LogP contribution >= 0.6 is 0 Å². The number of hydrogen-bond acceptors (Lipinski definition) is 4. The van der Waals surface area contributed by atoms with Crippen molar-refractivity contribution in [3.63, 3.8) is 0 Å². The number of carbonyl (C=O) groups excluding carboxylic acids is 1. The molecular weight excluding hydrogens is 158 g/mol. The Bertz CT molecular complexity index is 233. The number of rotatable bonds is 2. The van der Waals surface area contributed by atoms with Crippen LogP contribution in [-0.2, 0) is 14.6 Å². The number of hydrogen-bond donors (Lipinski definition) is 0. The van der Waals surface area contributed by atoms with Crippen molar-refractivity contribution in [1.29, 1.82) is 5.26 Å². The van der Waals surface area contributed by atoms with Gasteiger partial charge in [0, 0.05) is 0 Å². The van der Waals surface area contributed by atoms with E-state index in [1.807, 2.05) is 6.92 Å². The lowest BCUT2D eigenvalue weighted by Crippen LogP contribution is -2.33. The van der Waals surface area contributed by atoms with Gasteiger partial charge in [-0.15, -0.1) is 0 Å². The fourth-order valence-electron chi connectivity index (χ4n) is 1.06. The van der Waals surface area contributed by atoms with Gasteiger partial charge in [0.15, 0.2) is 6.10 Å². The first-order valence-electron chi connectivity index (χ1n) is 3.94. The number of Topliss-reactive ketones (excluding diaryl/α,β-unsaturated/α-hetero) is 1. The molecule has 0 spiro atoms. The summed E-state index contributed by atoms with van der Waals surface area (Å²) < 4.78 is 0. The molecule has 0 bridgehead atoms. The highest BCUT2D eigenvalue weighted by molar-refractivity contribution is 5.94. The largest absolute Gasteiger partial charge is 0.292 e. The van der Waals surface area contributed by atoms with E-state index in [0.717, 1.165) is 6.42 Å². The van der Waals surface area contributed by atoms with E-state index < -0.39 is 11.7 Å². The molecule has 0 aromatic heterocycles. The van der Waals surface area contributed by atoms with Gasteiger partial charge in [0.25, 0.3) is 0 Å². The maximum absolute atomic E-state index is 11.4. The molecule has 0 saturated carbocycles. The second-order valence-corrected chi connectivity index (χ2v) is 2.97. The zero-order valence-electron chi connectivity index (χ0n) is 7.16. The van der Waals surface area contributed by atoms with Crippen molar-refractivity contribution in [3.8, 4) is 6.07 Å². The van der Waals surface area contributed by atoms with E-state index in [4.69, 9.17) is 10.1 Å². The van der Waals surface area contributed by atoms with Gasteiger partial charge in [0.05, 0.1) is 0 Å². The first-order valence-corrected chi connectivity index (χ1v) is 3.94. The number of carbonyl (C=O) groups is 1. The van der Waals surface area contributed by atoms with Crippen LogP contribution in [0.4, 0.5) is 0 Å². The molecule has 0 aromatic carbocycles. The Hall–Kier alpha value is -0.920. The summed E-state index contributed by atoms with van der Waals surface area (Å²) in [6.45, 7) is 3.36. The van der Waals surface area contributed by atoms with Crippen molar-refractivity contribution in [2.45, 2.75) is 38.4 Å². The van der Waals surface area contributed by atoms with Crippen molar-refractivity contribution >= 4 is 5.78 Å². The van der Waals surface area contributed by atoms with Crippen molar-refractivity contribution in [2.24, 2.45) is 0 Å². The van der Waals surface area contributed by atoms with Gasteiger partial charge in [-0.05, 0) is 13.3 Å². The summed E-state index contributed by atoms with van der Waals surface area (Å²) in [6.07, 6.45) is 0.886. The Balaban J connectivity index is 2.69. The molecule has 0 amide bonds. The summed E-state index contributed by atoms with van der Waals surface area (Å²) in [5, 5.41) is 8.61. The Morgan fingerprint density at radius 1 is 1.75 bits per heavy atom. The molecule has 0 N–H and O–H groups in total. The van der Waals surface area contributed by atoms with Crippen molar-refractivity contribution < 1.29 is 14.6 Å². The molecule has 0 aromatic rings. The third-order valence-corrected chi connectivity index (χ3v) is 1.86. The highest BCUT2D eigenvalue weighted by Gasteiger charge is 2.47. The number of nitriles is 1. The Kier molecular flexibility index (Phi) is 2.46. The van der Waals surface area contributed by atoms with Gasteiger partial charge in [-0.1, -0.05) is 13.3 Å². The predicted octanol–water partition coefficient (Wildman–Crippen LogP) is 0.968. The lowest BCUT2D eigenvalue weighted by molar-refractivity contribution is -0.310. The monoisotopic (exact) mass is 169 g/mol. The van der Waals surface area contributed by atoms with Crippen molar-refractivity contribution in [2.75, 3.05) is 0 Å². The minimum Gasteiger partial charge on any atom is -0.292 e. The zero-order valence-corrected chi connectivity index (χ0v) is 7.16. The average molecular weight is 169 g/mol. The van der Waals surface area contributed by atoms with Crippen molar-refractivity contribution in [3.05, 3.63) is 0 Å². The fraction of sp³-hybridized carbons (Fsp3) is 0.750. The van der Waals surface area contributed by atoms with Crippen LogP contribution < -0.4 is 0 Å². The average Bonchev–Trinajstić information content (AvgIpc) is 2.35. The summed E-state index contributed by atoms with van der Waals surface area (Å²) in [5.74, 6) is -0.271. The molecule has 0 radical (unpaired) electrons. The van der Waals surface area contributed by atoms with E-state index >= 15 is 0 Å². The van der Waals surface area contributed by atoms with Crippen molar-refractivity contribution in [1.82, 2.24) is 0 Å². The molecule has 1 heterocycles. The van der Waals surface area contributed by atoms with E-state index in [0.29, 0.717) is 6.42 Å². The lowest BCUT2D eigenvalue weighted by Gasteiger charge is -2.05. The summed E-state index contributed by atoms with van der Waals surface area (Å²) >= 11 is 0. The van der Waals surface area contributed by atoms with E-state index in [1.165, 1.54) is 6.92 Å². The summed E-state index contributed by atoms with van der Waals surface area (Å²) in [6, 6.07) is 1.78. The highest BCUT2D eigenvalue weighted by Crippen LogP contribution is 2.25. The molecule has 4 nitrogen and oxygen atoms in total. The molecule has 1 aliphatic rings. The van der Waals surface area contributed by atoms with Crippen LogP contribution in [0.15, 0.2) is 0 Å². The Labute approximate surface area is 71.0 Å². The second-order valence-electron chi connectivity index (χ2n) is 2.97. The molecule has 2 atom stereocenters. The maximum atomic E-state index is 11.4. The van der Waals surface area contributed by atoms with Gasteiger partial charge in [-0.25, -0.2) is 9.78 Å². The van der Waals surface area contributed by atoms with E-state index in [9.17, 15) is 4.79 Å². The van der Waals surface area contributed by atoms with Gasteiger partial charge < -0.3 is 0 Å². The molecule has 12 heavy (non-hydrogen) atoms. The minimum atomic E-state index is -1.39. The molecule has 1 aliphatic heterocycles. The summed E-state index contributed by atoms with van der Waals surface area (Å²) in [7, 11) is 0. The first-order chi connectivity index (χ1) is 5.64. The highest BCUT2D eigenvalue weighted by atomic mass is 17.2. The molecule has 66 valence electrons. The number of ketones is 1. The summed E-state index contributed by atoms with van der Waals surface area (Å²) in [5.41, 5.74) is -1.39. The van der Waals surface area contributed by atoms with Gasteiger partial charge >= 0.3 is 0 Å². The topological polar surface area (TPSA) is 59.3 Å². The van der Waals surface area contributed by atoms with Crippen LogP contribution in [0.2, 0.25) is 0 Å².